The number of nitrogens with one attached hydrogen (secondary N) is 1. The van der Waals surface area contributed by atoms with Gasteiger partial charge in [-0.25, -0.2) is 0 Å². The largest absolute Gasteiger partial charge is 0.355 e. The number of hydrogen-bond donors (Lipinski definition) is 1. The lowest BCUT2D eigenvalue weighted by Gasteiger charge is -2.24. The SMILES string of the molecule is CC(C)c1cccc(C(C)C)c1C1=CC=C/C(=C/P)N1. The molecule has 1 N–H and O–H groups in total. The molecule has 0 bridgehead atoms. The fourth-order valence-corrected chi connectivity index (χ4v) is 2.79. The minimum atomic E-state index is 0.515. The predicted octanol–water partition coefficient (Wildman–Crippen LogP) is 5.15. The lowest BCUT2D eigenvalue weighted by Crippen LogP contribution is -2.16. The molecule has 1 heterocycles. The Morgan fingerprint density at radius 1 is 1.05 bits per heavy atom. The van der Waals surface area contributed by atoms with Crippen LogP contribution in [0.15, 0.2) is 47.9 Å². The molecule has 2 heteroatoms. The van der Waals surface area contributed by atoms with Crippen molar-refractivity contribution in [3.05, 3.63) is 64.6 Å². The van der Waals surface area contributed by atoms with Crippen LogP contribution in [0, 0.1) is 0 Å². The predicted molar refractivity (Wildman–Crippen MR) is 92.7 cm³/mol. The van der Waals surface area contributed by atoms with Gasteiger partial charge in [0.15, 0.2) is 0 Å². The molecule has 0 fully saturated rings. The van der Waals surface area contributed by atoms with Crippen LogP contribution in [0.5, 0.6) is 0 Å². The highest BCUT2D eigenvalue weighted by molar-refractivity contribution is 7.20. The van der Waals surface area contributed by atoms with Gasteiger partial charge in [-0.05, 0) is 40.9 Å². The van der Waals surface area contributed by atoms with Crippen LogP contribution in [0.25, 0.3) is 5.70 Å². The lowest BCUT2D eigenvalue weighted by atomic mass is 9.86. The first-order chi connectivity index (χ1) is 9.54. The van der Waals surface area contributed by atoms with E-state index in [9.17, 15) is 0 Å². The van der Waals surface area contributed by atoms with Crippen molar-refractivity contribution in [1.29, 1.82) is 0 Å². The minimum absolute atomic E-state index is 0.515. The van der Waals surface area contributed by atoms with Crippen LogP contribution < -0.4 is 5.32 Å². The second kappa shape index (κ2) is 6.41. The van der Waals surface area contributed by atoms with Gasteiger partial charge in [0.2, 0.25) is 0 Å². The van der Waals surface area contributed by atoms with Gasteiger partial charge >= 0.3 is 0 Å². The first-order valence-electron chi connectivity index (χ1n) is 7.25. The maximum Gasteiger partial charge on any atom is 0.0463 e. The summed E-state index contributed by atoms with van der Waals surface area (Å²) in [4.78, 5) is 0. The van der Waals surface area contributed by atoms with E-state index in [0.29, 0.717) is 11.8 Å². The van der Waals surface area contributed by atoms with Crippen LogP contribution in [0.1, 0.15) is 56.2 Å². The maximum atomic E-state index is 3.52. The van der Waals surface area contributed by atoms with Gasteiger partial charge in [0, 0.05) is 17.0 Å². The maximum absolute atomic E-state index is 3.52. The first kappa shape index (κ1) is 15.1. The number of benzene rings is 1. The lowest BCUT2D eigenvalue weighted by molar-refractivity contribution is 0.823. The summed E-state index contributed by atoms with van der Waals surface area (Å²) in [7, 11) is 2.66. The Morgan fingerprint density at radius 3 is 2.15 bits per heavy atom. The molecule has 106 valence electrons. The third kappa shape index (κ3) is 3.04. The Kier molecular flexibility index (Phi) is 4.83. The normalized spacial score (nSPS) is 16.8. The number of dihydropyridines is 1. The van der Waals surface area contributed by atoms with E-state index in [0.717, 1.165) is 5.70 Å². The third-order valence-corrected chi connectivity index (χ3v) is 4.00. The molecule has 0 aromatic heterocycles. The van der Waals surface area contributed by atoms with Crippen molar-refractivity contribution in [2.24, 2.45) is 0 Å². The van der Waals surface area contributed by atoms with Crippen molar-refractivity contribution in [2.45, 2.75) is 39.5 Å². The van der Waals surface area contributed by atoms with Gasteiger partial charge in [-0.2, -0.15) is 0 Å². The van der Waals surface area contributed by atoms with Crippen LogP contribution in [-0.4, -0.2) is 0 Å². The number of hydrogen-bond acceptors (Lipinski definition) is 1. The summed E-state index contributed by atoms with van der Waals surface area (Å²) in [5.41, 5.74) is 6.52. The number of rotatable bonds is 3. The minimum Gasteiger partial charge on any atom is -0.355 e. The molecule has 1 nitrogen and oxygen atoms in total. The van der Waals surface area contributed by atoms with Crippen molar-refractivity contribution in [1.82, 2.24) is 5.32 Å². The Labute approximate surface area is 125 Å². The highest BCUT2D eigenvalue weighted by atomic mass is 31.0. The van der Waals surface area contributed by atoms with E-state index in [-0.39, 0.29) is 0 Å². The average Bonchev–Trinajstić information content (AvgIpc) is 2.46. The van der Waals surface area contributed by atoms with Gasteiger partial charge in [-0.15, -0.1) is 9.24 Å². The number of allylic oxidation sites excluding steroid dienone is 3. The second-order valence-corrected chi connectivity index (χ2v) is 6.14. The van der Waals surface area contributed by atoms with Gasteiger partial charge in [0.1, 0.15) is 0 Å². The van der Waals surface area contributed by atoms with Crippen molar-refractivity contribution in [3.8, 4) is 0 Å². The van der Waals surface area contributed by atoms with Crippen LogP contribution in [0.2, 0.25) is 0 Å². The quantitative estimate of drug-likeness (QED) is 0.757. The molecule has 0 radical (unpaired) electrons. The molecule has 0 saturated heterocycles. The zero-order valence-corrected chi connectivity index (χ0v) is 13.9. The van der Waals surface area contributed by atoms with Gasteiger partial charge in [-0.3, -0.25) is 0 Å². The Bertz CT molecular complexity index is 551. The summed E-state index contributed by atoms with van der Waals surface area (Å²) in [6.45, 7) is 9.03. The molecule has 1 aliphatic heterocycles. The first-order valence-corrected chi connectivity index (χ1v) is 7.91. The molecule has 1 aromatic rings. The molecule has 2 rings (SSSR count). The topological polar surface area (TPSA) is 12.0 Å². The summed E-state index contributed by atoms with van der Waals surface area (Å²) < 4.78 is 0. The monoisotopic (exact) mass is 285 g/mol. The molecule has 20 heavy (non-hydrogen) atoms. The van der Waals surface area contributed by atoms with Crippen molar-refractivity contribution < 1.29 is 0 Å². The molecule has 1 aromatic carbocycles. The molecular formula is C18H24NP. The molecule has 1 atom stereocenters. The standard InChI is InChI=1S/C18H24NP/c1-12(2)15-8-6-9-16(13(3)4)18(15)17-10-5-7-14(11-20)19-17/h5-13,19H,20H2,1-4H3/b14-11-. The molecule has 1 unspecified atom stereocenters. The Balaban J connectivity index is 2.59. The average molecular weight is 285 g/mol. The summed E-state index contributed by atoms with van der Waals surface area (Å²) in [6, 6.07) is 6.67. The van der Waals surface area contributed by atoms with E-state index in [4.69, 9.17) is 0 Å². The van der Waals surface area contributed by atoms with Crippen molar-refractivity contribution >= 4 is 14.9 Å². The van der Waals surface area contributed by atoms with E-state index in [2.05, 4.69) is 78.7 Å². The Hall–Kier alpha value is -1.33. The molecular weight excluding hydrogens is 261 g/mol. The van der Waals surface area contributed by atoms with Crippen molar-refractivity contribution in [3.63, 3.8) is 0 Å². The van der Waals surface area contributed by atoms with E-state index in [1.54, 1.807) is 0 Å². The highest BCUT2D eigenvalue weighted by Gasteiger charge is 2.18. The fourth-order valence-electron chi connectivity index (χ4n) is 2.59. The second-order valence-electron chi connectivity index (χ2n) is 5.81. The summed E-state index contributed by atoms with van der Waals surface area (Å²) in [5.74, 6) is 3.05. The zero-order chi connectivity index (χ0) is 14.7. The molecule has 0 spiro atoms. The van der Waals surface area contributed by atoms with Crippen LogP contribution in [-0.2, 0) is 0 Å². The highest BCUT2D eigenvalue weighted by Crippen LogP contribution is 2.33. The van der Waals surface area contributed by atoms with E-state index in [1.807, 2.05) is 5.82 Å². The van der Waals surface area contributed by atoms with E-state index >= 15 is 0 Å². The van der Waals surface area contributed by atoms with E-state index < -0.39 is 0 Å². The zero-order valence-electron chi connectivity index (χ0n) is 12.8. The summed E-state index contributed by atoms with van der Waals surface area (Å²) in [6.07, 6.45) is 6.37. The Morgan fingerprint density at radius 2 is 1.65 bits per heavy atom. The summed E-state index contributed by atoms with van der Waals surface area (Å²) >= 11 is 0. The van der Waals surface area contributed by atoms with Gasteiger partial charge in [-0.1, -0.05) is 52.0 Å². The summed E-state index contributed by atoms with van der Waals surface area (Å²) in [5, 5.41) is 3.52. The molecule has 0 saturated carbocycles. The molecule has 0 aliphatic carbocycles. The van der Waals surface area contributed by atoms with Crippen LogP contribution in [0.3, 0.4) is 0 Å². The van der Waals surface area contributed by atoms with Gasteiger partial charge < -0.3 is 5.32 Å². The smallest absolute Gasteiger partial charge is 0.0463 e. The van der Waals surface area contributed by atoms with Gasteiger partial charge in [0.25, 0.3) is 0 Å². The molecule has 1 aliphatic rings. The van der Waals surface area contributed by atoms with E-state index in [1.165, 1.54) is 22.4 Å². The third-order valence-electron chi connectivity index (χ3n) is 3.64. The fraction of sp³-hybridized carbons (Fsp3) is 0.333. The van der Waals surface area contributed by atoms with Crippen LogP contribution >= 0.6 is 9.24 Å². The van der Waals surface area contributed by atoms with Crippen molar-refractivity contribution in [2.75, 3.05) is 0 Å². The molecule has 0 amide bonds. The van der Waals surface area contributed by atoms with Crippen LogP contribution in [0.4, 0.5) is 0 Å². The van der Waals surface area contributed by atoms with Gasteiger partial charge in [0.05, 0.1) is 0 Å².